The van der Waals surface area contributed by atoms with Crippen LogP contribution in [0.1, 0.15) is 13.8 Å². The maximum Gasteiger partial charge on any atom is 0.246 e. The molecule has 1 fully saturated rings. The quantitative estimate of drug-likeness (QED) is 0.577. The summed E-state index contributed by atoms with van der Waals surface area (Å²) in [5.74, 6) is 1.11. The van der Waals surface area contributed by atoms with Gasteiger partial charge >= 0.3 is 0 Å². The Kier molecular flexibility index (Phi) is 3.20. The highest BCUT2D eigenvalue weighted by Gasteiger charge is 2.27. The van der Waals surface area contributed by atoms with Gasteiger partial charge in [-0.3, -0.25) is 4.79 Å². The normalized spacial score (nSPS) is 30.0. The van der Waals surface area contributed by atoms with E-state index < -0.39 is 0 Å². The molecule has 1 heterocycles. The molecule has 0 aromatic carbocycles. The number of amides is 1. The van der Waals surface area contributed by atoms with Crippen LogP contribution < -0.4 is 0 Å². The fourth-order valence-corrected chi connectivity index (χ4v) is 2.46. The van der Waals surface area contributed by atoms with Crippen molar-refractivity contribution in [2.24, 2.45) is 0 Å². The van der Waals surface area contributed by atoms with Gasteiger partial charge in [0.25, 0.3) is 0 Å². The summed E-state index contributed by atoms with van der Waals surface area (Å²) in [5.41, 5.74) is 0. The molecule has 1 aliphatic rings. The first-order chi connectivity index (χ1) is 5.66. The second kappa shape index (κ2) is 3.99. The summed E-state index contributed by atoms with van der Waals surface area (Å²) in [5, 5.41) is 0.544. The van der Waals surface area contributed by atoms with Crippen LogP contribution in [0.25, 0.3) is 0 Å². The minimum Gasteiger partial charge on any atom is -0.335 e. The topological polar surface area (TPSA) is 20.3 Å². The van der Waals surface area contributed by atoms with Crippen molar-refractivity contribution < 1.29 is 4.79 Å². The van der Waals surface area contributed by atoms with Crippen LogP contribution in [0.5, 0.6) is 0 Å². The first-order valence-corrected chi connectivity index (χ1v) is 5.26. The monoisotopic (exact) mass is 185 g/mol. The molecule has 1 rings (SSSR count). The standard InChI is InChI=1S/C9H15NOS/c1-4-9(11)10-5-6-12-8(3)7(10)2/h4,7-8H,1,5-6H2,2-3H3. The lowest BCUT2D eigenvalue weighted by Crippen LogP contribution is -2.47. The Morgan fingerprint density at radius 1 is 1.67 bits per heavy atom. The second-order valence-corrected chi connectivity index (χ2v) is 4.54. The molecule has 1 amide bonds. The van der Waals surface area contributed by atoms with Gasteiger partial charge in [0.2, 0.25) is 5.91 Å². The van der Waals surface area contributed by atoms with Gasteiger partial charge in [0.15, 0.2) is 0 Å². The number of carbonyl (C=O) groups excluding carboxylic acids is 1. The molecule has 12 heavy (non-hydrogen) atoms. The molecular formula is C9H15NOS. The molecule has 0 aromatic heterocycles. The van der Waals surface area contributed by atoms with Crippen LogP contribution in [0.4, 0.5) is 0 Å². The molecule has 68 valence electrons. The van der Waals surface area contributed by atoms with E-state index in [1.54, 1.807) is 0 Å². The van der Waals surface area contributed by atoms with E-state index in [1.165, 1.54) is 6.08 Å². The highest BCUT2D eigenvalue weighted by atomic mass is 32.2. The summed E-state index contributed by atoms with van der Waals surface area (Å²) in [6, 6.07) is 0.342. The van der Waals surface area contributed by atoms with E-state index >= 15 is 0 Å². The molecule has 2 unspecified atom stereocenters. The minimum absolute atomic E-state index is 0.0645. The Bertz CT molecular complexity index is 193. The predicted octanol–water partition coefficient (Wildman–Crippen LogP) is 1.52. The van der Waals surface area contributed by atoms with Crippen molar-refractivity contribution in [1.82, 2.24) is 4.90 Å². The molecule has 0 radical (unpaired) electrons. The number of rotatable bonds is 1. The number of hydrogen-bond donors (Lipinski definition) is 0. The lowest BCUT2D eigenvalue weighted by atomic mass is 10.2. The van der Waals surface area contributed by atoms with Gasteiger partial charge in [-0.1, -0.05) is 13.5 Å². The van der Waals surface area contributed by atoms with Gasteiger partial charge in [0.05, 0.1) is 0 Å². The molecule has 3 heteroatoms. The maximum absolute atomic E-state index is 11.3. The largest absolute Gasteiger partial charge is 0.335 e. The fraction of sp³-hybridized carbons (Fsp3) is 0.667. The van der Waals surface area contributed by atoms with E-state index in [2.05, 4.69) is 20.4 Å². The third-order valence-corrected chi connectivity index (χ3v) is 3.68. The summed E-state index contributed by atoms with van der Waals surface area (Å²) < 4.78 is 0. The van der Waals surface area contributed by atoms with Crippen molar-refractivity contribution in [1.29, 1.82) is 0 Å². The van der Waals surface area contributed by atoms with Crippen LogP contribution in [0.3, 0.4) is 0 Å². The Hall–Kier alpha value is -0.440. The highest BCUT2D eigenvalue weighted by Crippen LogP contribution is 2.24. The molecule has 0 spiro atoms. The van der Waals surface area contributed by atoms with Crippen molar-refractivity contribution in [3.05, 3.63) is 12.7 Å². The zero-order valence-electron chi connectivity index (χ0n) is 7.62. The van der Waals surface area contributed by atoms with Gasteiger partial charge < -0.3 is 4.90 Å². The number of carbonyl (C=O) groups is 1. The fourth-order valence-electron chi connectivity index (χ4n) is 1.36. The summed E-state index contributed by atoms with van der Waals surface area (Å²) >= 11 is 1.93. The van der Waals surface area contributed by atoms with Gasteiger partial charge in [-0.15, -0.1) is 0 Å². The van der Waals surface area contributed by atoms with Gasteiger partial charge in [-0.2, -0.15) is 11.8 Å². The smallest absolute Gasteiger partial charge is 0.246 e. The molecule has 0 bridgehead atoms. The molecule has 2 nitrogen and oxygen atoms in total. The zero-order chi connectivity index (χ0) is 9.14. The van der Waals surface area contributed by atoms with E-state index in [9.17, 15) is 4.79 Å². The molecule has 0 aliphatic carbocycles. The summed E-state index contributed by atoms with van der Waals surface area (Å²) in [6.07, 6.45) is 1.40. The van der Waals surface area contributed by atoms with Crippen molar-refractivity contribution >= 4 is 17.7 Å². The van der Waals surface area contributed by atoms with Crippen LogP contribution in [-0.4, -0.2) is 34.4 Å². The van der Waals surface area contributed by atoms with Gasteiger partial charge in [0.1, 0.15) is 0 Å². The first kappa shape index (κ1) is 9.65. The number of thioether (sulfide) groups is 1. The predicted molar refractivity (Wildman–Crippen MR) is 53.3 cm³/mol. The van der Waals surface area contributed by atoms with Crippen molar-refractivity contribution in [3.63, 3.8) is 0 Å². The van der Waals surface area contributed by atoms with E-state index in [-0.39, 0.29) is 5.91 Å². The van der Waals surface area contributed by atoms with Crippen LogP contribution in [0.15, 0.2) is 12.7 Å². The first-order valence-electron chi connectivity index (χ1n) is 4.21. The third-order valence-electron chi connectivity index (χ3n) is 2.34. The minimum atomic E-state index is 0.0645. The van der Waals surface area contributed by atoms with E-state index in [1.807, 2.05) is 16.7 Å². The Morgan fingerprint density at radius 3 is 2.92 bits per heavy atom. The number of nitrogens with zero attached hydrogens (tertiary/aromatic N) is 1. The van der Waals surface area contributed by atoms with E-state index in [0.29, 0.717) is 11.3 Å². The number of hydrogen-bond acceptors (Lipinski definition) is 2. The summed E-state index contributed by atoms with van der Waals surface area (Å²) in [7, 11) is 0. The molecule has 0 saturated carbocycles. The van der Waals surface area contributed by atoms with Crippen LogP contribution in [0.2, 0.25) is 0 Å². The molecule has 0 N–H and O–H groups in total. The molecule has 0 aromatic rings. The van der Waals surface area contributed by atoms with Gasteiger partial charge in [-0.25, -0.2) is 0 Å². The van der Waals surface area contributed by atoms with Crippen molar-refractivity contribution in [2.45, 2.75) is 25.1 Å². The van der Waals surface area contributed by atoms with Gasteiger partial charge in [-0.05, 0) is 13.0 Å². The van der Waals surface area contributed by atoms with Crippen molar-refractivity contribution in [3.8, 4) is 0 Å². The molecule has 1 aliphatic heterocycles. The molecular weight excluding hydrogens is 170 g/mol. The lowest BCUT2D eigenvalue weighted by Gasteiger charge is -2.36. The average molecular weight is 185 g/mol. The Morgan fingerprint density at radius 2 is 2.33 bits per heavy atom. The lowest BCUT2D eigenvalue weighted by molar-refractivity contribution is -0.127. The maximum atomic E-state index is 11.3. The SMILES string of the molecule is C=CC(=O)N1CCSC(C)C1C. The molecule has 2 atom stereocenters. The second-order valence-electron chi connectivity index (χ2n) is 3.05. The van der Waals surface area contributed by atoms with Gasteiger partial charge in [0, 0.05) is 23.6 Å². The zero-order valence-corrected chi connectivity index (χ0v) is 8.43. The van der Waals surface area contributed by atoms with E-state index in [0.717, 1.165) is 12.3 Å². The average Bonchev–Trinajstić information content (AvgIpc) is 2.08. The summed E-state index contributed by atoms with van der Waals surface area (Å²) in [4.78, 5) is 13.2. The summed E-state index contributed by atoms with van der Waals surface area (Å²) in [6.45, 7) is 8.62. The van der Waals surface area contributed by atoms with E-state index in [4.69, 9.17) is 0 Å². The molecule has 1 saturated heterocycles. The Labute approximate surface area is 78.0 Å². The van der Waals surface area contributed by atoms with Crippen molar-refractivity contribution in [2.75, 3.05) is 12.3 Å². The van der Waals surface area contributed by atoms with Crippen LogP contribution >= 0.6 is 11.8 Å². The highest BCUT2D eigenvalue weighted by molar-refractivity contribution is 8.00. The Balaban J connectivity index is 2.63. The third kappa shape index (κ3) is 1.83. The van der Waals surface area contributed by atoms with Crippen LogP contribution in [-0.2, 0) is 4.79 Å². The van der Waals surface area contributed by atoms with Crippen LogP contribution in [0, 0.1) is 0 Å².